The van der Waals surface area contributed by atoms with E-state index in [2.05, 4.69) is 118 Å². The molecule has 0 aliphatic carbocycles. The number of esters is 3. The van der Waals surface area contributed by atoms with Crippen LogP contribution in [-0.4, -0.2) is 37.2 Å². The van der Waals surface area contributed by atoms with Gasteiger partial charge in [-0.25, -0.2) is 0 Å². The van der Waals surface area contributed by atoms with Gasteiger partial charge in [0.15, 0.2) is 6.10 Å². The Kier molecular flexibility index (Phi) is 65.7. The summed E-state index contributed by atoms with van der Waals surface area (Å²) in [6.07, 6.45) is 93.0. The molecule has 0 rings (SSSR count). The molecule has 0 N–H and O–H groups in total. The van der Waals surface area contributed by atoms with Gasteiger partial charge in [0.05, 0.1) is 0 Å². The monoisotopic (exact) mass is 1130 g/mol. The van der Waals surface area contributed by atoms with E-state index in [9.17, 15) is 14.4 Å². The lowest BCUT2D eigenvalue weighted by atomic mass is 10.0. The Morgan fingerprint density at radius 2 is 0.494 bits per heavy atom. The summed E-state index contributed by atoms with van der Waals surface area (Å²) in [5.74, 6) is -0.883. The van der Waals surface area contributed by atoms with E-state index in [4.69, 9.17) is 14.2 Å². The first-order chi connectivity index (χ1) is 40.0. The molecule has 81 heavy (non-hydrogen) atoms. The number of carbonyl (C=O) groups is 3. The summed E-state index contributed by atoms with van der Waals surface area (Å²) in [4.78, 5) is 38.3. The van der Waals surface area contributed by atoms with Crippen molar-refractivity contribution in [2.75, 3.05) is 13.2 Å². The van der Waals surface area contributed by atoms with E-state index in [0.29, 0.717) is 19.3 Å². The van der Waals surface area contributed by atoms with Crippen LogP contribution in [0.5, 0.6) is 0 Å². The molecule has 6 heteroatoms. The van der Waals surface area contributed by atoms with Crippen LogP contribution >= 0.6 is 0 Å². The van der Waals surface area contributed by atoms with Gasteiger partial charge < -0.3 is 14.2 Å². The van der Waals surface area contributed by atoms with Gasteiger partial charge in [0, 0.05) is 19.3 Å². The third-order valence-electron chi connectivity index (χ3n) is 15.0. The second kappa shape index (κ2) is 68.8. The maximum atomic E-state index is 12.9. The van der Waals surface area contributed by atoms with E-state index in [1.54, 1.807) is 0 Å². The SMILES string of the molecule is CC/C=C\C/C=C\C/C=C\C/C=C\C/C=C\CCCCCCCCCCCCCCCCCCCCCC(=O)OCC(COC(=O)CCCCCCC/C=C\CCCC)OC(=O)CCCCCCCCC/C=C\C/C=C\CCCCC. The molecular weight excluding hydrogens is 997 g/mol. The van der Waals surface area contributed by atoms with Crippen LogP contribution in [0.4, 0.5) is 0 Å². The Labute approximate surface area is 502 Å². The Balaban J connectivity index is 4.10. The lowest BCUT2D eigenvalue weighted by molar-refractivity contribution is -0.167. The Morgan fingerprint density at radius 1 is 0.259 bits per heavy atom. The molecule has 0 saturated carbocycles. The van der Waals surface area contributed by atoms with Gasteiger partial charge in [-0.1, -0.05) is 304 Å². The van der Waals surface area contributed by atoms with Crippen molar-refractivity contribution in [2.45, 2.75) is 348 Å². The van der Waals surface area contributed by atoms with Crippen molar-refractivity contribution in [3.05, 3.63) is 97.2 Å². The van der Waals surface area contributed by atoms with Crippen LogP contribution in [0.3, 0.4) is 0 Å². The second-order valence-corrected chi connectivity index (χ2v) is 23.1. The van der Waals surface area contributed by atoms with E-state index < -0.39 is 6.10 Å². The summed E-state index contributed by atoms with van der Waals surface area (Å²) in [5, 5.41) is 0. The number of rotatable bonds is 63. The number of unbranched alkanes of at least 4 members (excludes halogenated alkanes) is 36. The molecule has 0 bridgehead atoms. The third-order valence-corrected chi connectivity index (χ3v) is 15.0. The highest BCUT2D eigenvalue weighted by Gasteiger charge is 2.19. The quantitative estimate of drug-likeness (QED) is 0.0261. The molecule has 0 amide bonds. The zero-order chi connectivity index (χ0) is 58.5. The Morgan fingerprint density at radius 3 is 0.802 bits per heavy atom. The smallest absolute Gasteiger partial charge is 0.306 e. The fourth-order valence-corrected chi connectivity index (χ4v) is 9.84. The van der Waals surface area contributed by atoms with Crippen LogP contribution in [-0.2, 0) is 28.6 Å². The molecule has 0 aliphatic rings. The molecule has 6 nitrogen and oxygen atoms in total. The van der Waals surface area contributed by atoms with Crippen LogP contribution in [0.1, 0.15) is 342 Å². The van der Waals surface area contributed by atoms with Crippen LogP contribution < -0.4 is 0 Å². The summed E-state index contributed by atoms with van der Waals surface area (Å²) in [6.45, 7) is 6.48. The fourth-order valence-electron chi connectivity index (χ4n) is 9.84. The van der Waals surface area contributed by atoms with Crippen molar-refractivity contribution >= 4 is 17.9 Å². The number of allylic oxidation sites excluding steroid dienone is 16. The van der Waals surface area contributed by atoms with Crippen LogP contribution in [0.2, 0.25) is 0 Å². The molecule has 0 aromatic carbocycles. The maximum absolute atomic E-state index is 12.9. The molecule has 1 atom stereocenters. The van der Waals surface area contributed by atoms with Crippen molar-refractivity contribution in [2.24, 2.45) is 0 Å². The first-order valence-corrected chi connectivity index (χ1v) is 34.7. The van der Waals surface area contributed by atoms with E-state index in [-0.39, 0.29) is 31.1 Å². The topological polar surface area (TPSA) is 78.9 Å². The number of hydrogen-bond donors (Lipinski definition) is 0. The molecular formula is C75H130O6. The minimum absolute atomic E-state index is 0.0794. The van der Waals surface area contributed by atoms with Gasteiger partial charge in [-0.05, 0) is 116 Å². The molecule has 0 fully saturated rings. The van der Waals surface area contributed by atoms with Gasteiger partial charge >= 0.3 is 17.9 Å². The van der Waals surface area contributed by atoms with Crippen LogP contribution in [0, 0.1) is 0 Å². The molecule has 0 heterocycles. The highest BCUT2D eigenvalue weighted by molar-refractivity contribution is 5.71. The number of carbonyl (C=O) groups excluding carboxylic acids is 3. The predicted molar refractivity (Wildman–Crippen MR) is 353 cm³/mol. The third kappa shape index (κ3) is 67.0. The zero-order valence-electron chi connectivity index (χ0n) is 53.5. The van der Waals surface area contributed by atoms with E-state index >= 15 is 0 Å². The highest BCUT2D eigenvalue weighted by Crippen LogP contribution is 2.17. The largest absolute Gasteiger partial charge is 0.462 e. The highest BCUT2D eigenvalue weighted by atomic mass is 16.6. The lowest BCUT2D eigenvalue weighted by Crippen LogP contribution is -2.30. The van der Waals surface area contributed by atoms with E-state index in [0.717, 1.165) is 109 Å². The molecule has 0 spiro atoms. The molecule has 0 aliphatic heterocycles. The van der Waals surface area contributed by atoms with Gasteiger partial charge in [-0.15, -0.1) is 0 Å². The molecule has 0 radical (unpaired) electrons. The summed E-state index contributed by atoms with van der Waals surface area (Å²) in [7, 11) is 0. The minimum atomic E-state index is -0.783. The molecule has 466 valence electrons. The van der Waals surface area contributed by atoms with Crippen molar-refractivity contribution in [1.29, 1.82) is 0 Å². The van der Waals surface area contributed by atoms with Gasteiger partial charge in [-0.3, -0.25) is 14.4 Å². The second-order valence-electron chi connectivity index (χ2n) is 23.1. The number of ether oxygens (including phenoxy) is 3. The molecule has 0 saturated heterocycles. The van der Waals surface area contributed by atoms with Crippen molar-refractivity contribution < 1.29 is 28.6 Å². The van der Waals surface area contributed by atoms with Gasteiger partial charge in [0.1, 0.15) is 13.2 Å². The average molecular weight is 1130 g/mol. The first-order valence-electron chi connectivity index (χ1n) is 34.7. The summed E-state index contributed by atoms with van der Waals surface area (Å²) in [6, 6.07) is 0. The summed E-state index contributed by atoms with van der Waals surface area (Å²) >= 11 is 0. The fraction of sp³-hybridized carbons (Fsp3) is 0.747. The maximum Gasteiger partial charge on any atom is 0.306 e. The standard InChI is InChI=1S/C75H130O6/c1-4-7-10-13-16-19-22-24-26-28-29-30-31-32-33-34-35-36-37-38-39-40-41-42-43-44-45-47-48-50-53-56-59-62-65-68-74(77)80-71-72(70-79-73(76)67-64-61-58-55-52-21-18-15-12-9-6-3)81-75(78)69-66-63-60-57-54-51-49-46-27-25-23-20-17-14-11-8-5-2/h7,10,15-20,24-27,29-30,32-33,72H,4-6,8-9,11-14,21-23,28,31,34-71H2,1-3H3/b10-7-,18-15-,19-16-,20-17-,26-24-,27-25-,30-29-,33-32-. The van der Waals surface area contributed by atoms with E-state index in [1.807, 2.05) is 0 Å². The lowest BCUT2D eigenvalue weighted by Gasteiger charge is -2.18. The average Bonchev–Trinajstić information content (AvgIpc) is 3.47. The van der Waals surface area contributed by atoms with Gasteiger partial charge in [0.2, 0.25) is 0 Å². The van der Waals surface area contributed by atoms with Gasteiger partial charge in [-0.2, -0.15) is 0 Å². The van der Waals surface area contributed by atoms with Crippen molar-refractivity contribution in [3.63, 3.8) is 0 Å². The van der Waals surface area contributed by atoms with E-state index in [1.165, 1.54) is 193 Å². The Bertz CT molecular complexity index is 1580. The minimum Gasteiger partial charge on any atom is -0.462 e. The Hall–Kier alpha value is -3.67. The van der Waals surface area contributed by atoms with Crippen molar-refractivity contribution in [3.8, 4) is 0 Å². The molecule has 1 unspecified atom stereocenters. The first kappa shape index (κ1) is 77.3. The van der Waals surface area contributed by atoms with Gasteiger partial charge in [0.25, 0.3) is 0 Å². The van der Waals surface area contributed by atoms with Crippen LogP contribution in [0.25, 0.3) is 0 Å². The summed E-state index contributed by atoms with van der Waals surface area (Å²) in [5.41, 5.74) is 0. The molecule has 0 aromatic rings. The summed E-state index contributed by atoms with van der Waals surface area (Å²) < 4.78 is 16.9. The molecule has 0 aromatic heterocycles. The predicted octanol–water partition coefficient (Wildman–Crippen LogP) is 24.0. The normalized spacial score (nSPS) is 12.7. The number of hydrogen-bond acceptors (Lipinski definition) is 6. The van der Waals surface area contributed by atoms with Crippen LogP contribution in [0.15, 0.2) is 97.2 Å². The zero-order valence-corrected chi connectivity index (χ0v) is 53.5. The van der Waals surface area contributed by atoms with Crippen molar-refractivity contribution in [1.82, 2.24) is 0 Å².